The lowest BCUT2D eigenvalue weighted by molar-refractivity contribution is -0.141. The number of hydrogen-bond acceptors (Lipinski definition) is 6. The Hall–Kier alpha value is -2.46. The van der Waals surface area contributed by atoms with Crippen LogP contribution < -0.4 is 10.1 Å². The van der Waals surface area contributed by atoms with Crippen molar-refractivity contribution in [1.82, 2.24) is 9.21 Å². The number of carbonyl (C=O) groups excluding carboxylic acids is 3. The number of likely N-dealkylation sites (tertiary alicyclic amines) is 1. The molecule has 0 bridgehead atoms. The van der Waals surface area contributed by atoms with Crippen LogP contribution in [0.1, 0.15) is 39.0 Å². The standard InChI is InChI=1S/C19H25N3O6S/c1-2-28-16-7-6-14(29(26,27)21-10-4-3-5-11-21)12-15(16)20-17(23)13-22-18(24)8-9-19(22)25/h6-7,12H,2-5,8-11,13H2,1H3,(H,20,23). The highest BCUT2D eigenvalue weighted by Crippen LogP contribution is 2.30. The number of carbonyl (C=O) groups is 3. The van der Waals surface area contributed by atoms with Gasteiger partial charge in [0.1, 0.15) is 12.3 Å². The minimum atomic E-state index is -3.68. The fraction of sp³-hybridized carbons (Fsp3) is 0.526. The first-order chi connectivity index (χ1) is 13.8. The fourth-order valence-electron chi connectivity index (χ4n) is 3.44. The summed E-state index contributed by atoms with van der Waals surface area (Å²) in [5.74, 6) is -1.06. The maximum Gasteiger partial charge on any atom is 0.244 e. The summed E-state index contributed by atoms with van der Waals surface area (Å²) in [4.78, 5) is 36.8. The Bertz CT molecular complexity index is 893. The van der Waals surface area contributed by atoms with E-state index < -0.39 is 34.3 Å². The summed E-state index contributed by atoms with van der Waals surface area (Å²) in [5, 5.41) is 2.59. The summed E-state index contributed by atoms with van der Waals surface area (Å²) < 4.78 is 32.8. The summed E-state index contributed by atoms with van der Waals surface area (Å²) in [5.41, 5.74) is 0.189. The van der Waals surface area contributed by atoms with E-state index in [0.717, 1.165) is 24.2 Å². The van der Waals surface area contributed by atoms with Gasteiger partial charge in [-0.25, -0.2) is 8.42 Å². The van der Waals surface area contributed by atoms with Gasteiger partial charge in [-0.3, -0.25) is 19.3 Å². The van der Waals surface area contributed by atoms with E-state index in [4.69, 9.17) is 4.74 Å². The Morgan fingerprint density at radius 3 is 2.38 bits per heavy atom. The van der Waals surface area contributed by atoms with E-state index in [-0.39, 0.29) is 23.4 Å². The molecule has 1 aromatic carbocycles. The number of benzene rings is 1. The van der Waals surface area contributed by atoms with Crippen LogP contribution in [0.5, 0.6) is 5.75 Å². The zero-order valence-electron chi connectivity index (χ0n) is 16.3. The largest absolute Gasteiger partial charge is 0.492 e. The van der Waals surface area contributed by atoms with Crippen molar-refractivity contribution in [2.75, 3.05) is 31.6 Å². The number of ether oxygens (including phenoxy) is 1. The van der Waals surface area contributed by atoms with Gasteiger partial charge in [0.15, 0.2) is 0 Å². The number of nitrogens with zero attached hydrogens (tertiary/aromatic N) is 2. The van der Waals surface area contributed by atoms with Crippen LogP contribution in [0.2, 0.25) is 0 Å². The predicted molar refractivity (Wildman–Crippen MR) is 105 cm³/mol. The van der Waals surface area contributed by atoms with E-state index in [0.29, 0.717) is 25.4 Å². The molecule has 0 aromatic heterocycles. The normalized spacial score (nSPS) is 18.2. The molecular formula is C19H25N3O6S. The van der Waals surface area contributed by atoms with Crippen LogP contribution in [0.15, 0.2) is 23.1 Å². The number of amides is 3. The van der Waals surface area contributed by atoms with Crippen LogP contribution >= 0.6 is 0 Å². The molecule has 2 aliphatic heterocycles. The molecule has 0 saturated carbocycles. The van der Waals surface area contributed by atoms with E-state index >= 15 is 0 Å². The molecule has 0 spiro atoms. The minimum absolute atomic E-state index is 0.0616. The lowest BCUT2D eigenvalue weighted by atomic mass is 10.2. The van der Waals surface area contributed by atoms with Gasteiger partial charge >= 0.3 is 0 Å². The number of imide groups is 1. The van der Waals surface area contributed by atoms with Crippen LogP contribution in [0.25, 0.3) is 0 Å². The van der Waals surface area contributed by atoms with E-state index in [1.54, 1.807) is 6.92 Å². The topological polar surface area (TPSA) is 113 Å². The number of sulfonamides is 1. The van der Waals surface area contributed by atoms with Crippen LogP contribution in [0.4, 0.5) is 5.69 Å². The molecule has 1 N–H and O–H groups in total. The third kappa shape index (κ3) is 4.76. The van der Waals surface area contributed by atoms with Gasteiger partial charge in [-0.2, -0.15) is 4.31 Å². The van der Waals surface area contributed by atoms with E-state index in [1.807, 2.05) is 0 Å². The van der Waals surface area contributed by atoms with E-state index in [9.17, 15) is 22.8 Å². The van der Waals surface area contributed by atoms with Crippen molar-refractivity contribution in [2.24, 2.45) is 0 Å². The van der Waals surface area contributed by atoms with Gasteiger partial charge in [0.05, 0.1) is 17.2 Å². The Labute approximate surface area is 170 Å². The first-order valence-corrected chi connectivity index (χ1v) is 11.2. The molecule has 0 radical (unpaired) electrons. The monoisotopic (exact) mass is 423 g/mol. The molecule has 9 nitrogen and oxygen atoms in total. The Morgan fingerprint density at radius 1 is 1.10 bits per heavy atom. The zero-order valence-corrected chi connectivity index (χ0v) is 17.2. The van der Waals surface area contributed by atoms with Gasteiger partial charge in [0, 0.05) is 25.9 Å². The maximum absolute atomic E-state index is 12.9. The zero-order chi connectivity index (χ0) is 21.0. The number of nitrogens with one attached hydrogen (secondary N) is 1. The third-order valence-corrected chi connectivity index (χ3v) is 6.83. The average Bonchev–Trinajstić information content (AvgIpc) is 3.02. The van der Waals surface area contributed by atoms with Crippen molar-refractivity contribution < 1.29 is 27.5 Å². The quantitative estimate of drug-likeness (QED) is 0.663. The van der Waals surface area contributed by atoms with Crippen molar-refractivity contribution in [3.8, 4) is 5.75 Å². The van der Waals surface area contributed by atoms with Gasteiger partial charge in [0.25, 0.3) is 0 Å². The second-order valence-corrected chi connectivity index (χ2v) is 8.92. The molecule has 29 heavy (non-hydrogen) atoms. The van der Waals surface area contributed by atoms with E-state index in [1.165, 1.54) is 22.5 Å². The number of rotatable bonds is 7. The number of anilines is 1. The third-order valence-electron chi connectivity index (χ3n) is 4.93. The summed E-state index contributed by atoms with van der Waals surface area (Å²) in [6, 6.07) is 4.32. The first kappa shape index (κ1) is 21.3. The average molecular weight is 423 g/mol. The summed E-state index contributed by atoms with van der Waals surface area (Å²) in [6.45, 7) is 2.62. The second-order valence-electron chi connectivity index (χ2n) is 6.98. The highest BCUT2D eigenvalue weighted by atomic mass is 32.2. The van der Waals surface area contributed by atoms with Crippen LogP contribution in [-0.4, -0.2) is 61.6 Å². The Balaban J connectivity index is 1.82. The van der Waals surface area contributed by atoms with Crippen molar-refractivity contribution in [2.45, 2.75) is 43.9 Å². The molecule has 0 atom stereocenters. The number of piperidine rings is 1. The second kappa shape index (κ2) is 8.91. The molecule has 0 unspecified atom stereocenters. The fourth-order valence-corrected chi connectivity index (χ4v) is 4.98. The molecular weight excluding hydrogens is 398 g/mol. The molecule has 2 saturated heterocycles. The van der Waals surface area contributed by atoms with Crippen LogP contribution in [0.3, 0.4) is 0 Å². The molecule has 2 aliphatic rings. The van der Waals surface area contributed by atoms with Gasteiger partial charge in [-0.1, -0.05) is 6.42 Å². The van der Waals surface area contributed by atoms with E-state index in [2.05, 4.69) is 5.32 Å². The maximum atomic E-state index is 12.9. The minimum Gasteiger partial charge on any atom is -0.492 e. The first-order valence-electron chi connectivity index (χ1n) is 9.73. The number of hydrogen-bond donors (Lipinski definition) is 1. The summed E-state index contributed by atoms with van der Waals surface area (Å²) in [6.07, 6.45) is 2.83. The van der Waals surface area contributed by atoms with Gasteiger partial charge in [-0.05, 0) is 38.0 Å². The molecule has 3 amide bonds. The summed E-state index contributed by atoms with van der Waals surface area (Å²) in [7, 11) is -3.68. The highest BCUT2D eigenvalue weighted by molar-refractivity contribution is 7.89. The lowest BCUT2D eigenvalue weighted by Gasteiger charge is -2.26. The molecule has 158 valence electrons. The van der Waals surface area contributed by atoms with Gasteiger partial charge in [-0.15, -0.1) is 0 Å². The van der Waals surface area contributed by atoms with Crippen molar-refractivity contribution >= 4 is 33.4 Å². The smallest absolute Gasteiger partial charge is 0.244 e. The molecule has 2 fully saturated rings. The molecule has 0 aliphatic carbocycles. The Kier molecular flexibility index (Phi) is 6.53. The Morgan fingerprint density at radius 2 is 1.76 bits per heavy atom. The van der Waals surface area contributed by atoms with Crippen molar-refractivity contribution in [3.05, 3.63) is 18.2 Å². The SMILES string of the molecule is CCOc1ccc(S(=O)(=O)N2CCCCC2)cc1NC(=O)CN1C(=O)CCC1=O. The van der Waals surface area contributed by atoms with Gasteiger partial charge in [0.2, 0.25) is 27.7 Å². The van der Waals surface area contributed by atoms with Crippen molar-refractivity contribution in [1.29, 1.82) is 0 Å². The van der Waals surface area contributed by atoms with Crippen molar-refractivity contribution in [3.63, 3.8) is 0 Å². The van der Waals surface area contributed by atoms with Gasteiger partial charge < -0.3 is 10.1 Å². The van der Waals surface area contributed by atoms with Crippen LogP contribution in [0, 0.1) is 0 Å². The molecule has 3 rings (SSSR count). The molecule has 2 heterocycles. The van der Waals surface area contributed by atoms with Crippen LogP contribution in [-0.2, 0) is 24.4 Å². The predicted octanol–water partition coefficient (Wildman–Crippen LogP) is 1.35. The summed E-state index contributed by atoms with van der Waals surface area (Å²) >= 11 is 0. The molecule has 1 aromatic rings. The molecule has 10 heteroatoms. The lowest BCUT2D eigenvalue weighted by Crippen LogP contribution is -2.37. The highest BCUT2D eigenvalue weighted by Gasteiger charge is 2.31.